The minimum absolute atomic E-state index is 0.150. The lowest BCUT2D eigenvalue weighted by atomic mass is 9.63. The molecule has 0 N–H and O–H groups in total. The van der Waals surface area contributed by atoms with Crippen molar-refractivity contribution in [3.8, 4) is 22.3 Å². The van der Waals surface area contributed by atoms with Crippen molar-refractivity contribution in [2.45, 2.75) is 61.2 Å². The molecule has 0 spiro atoms. The largest absolute Gasteiger partial charge is 0.310 e. The molecule has 1 nitrogen and oxygen atoms in total. The number of rotatable bonds is 4. The Morgan fingerprint density at radius 1 is 0.500 bits per heavy atom. The SMILES string of the molecule is CC1(C)CCC(C)(C)c2cc(-c3ccccc3N(c3ccc4c(c3)S(C)(C)c3ccccc3-4)c3ccc4ccccc4c3)ccc21. The summed E-state index contributed by atoms with van der Waals surface area (Å²) in [5, 5.41) is 2.51. The molecule has 6 aromatic rings. The second kappa shape index (κ2) is 10.4. The summed E-state index contributed by atoms with van der Waals surface area (Å²) in [5.74, 6) is 0. The molecule has 2 aliphatic rings. The summed E-state index contributed by atoms with van der Waals surface area (Å²) in [7, 11) is -1.14. The molecular formula is C44H43NS. The van der Waals surface area contributed by atoms with Gasteiger partial charge in [0.25, 0.3) is 0 Å². The minimum Gasteiger partial charge on any atom is -0.310 e. The van der Waals surface area contributed by atoms with E-state index in [1.807, 2.05) is 0 Å². The maximum Gasteiger partial charge on any atom is 0.0540 e. The summed E-state index contributed by atoms with van der Waals surface area (Å²) >= 11 is 0. The fourth-order valence-electron chi connectivity index (χ4n) is 7.96. The number of para-hydroxylation sites is 1. The van der Waals surface area contributed by atoms with Crippen LogP contribution in [0.1, 0.15) is 51.7 Å². The molecule has 0 bridgehead atoms. The van der Waals surface area contributed by atoms with E-state index in [-0.39, 0.29) is 10.8 Å². The molecule has 0 atom stereocenters. The Labute approximate surface area is 276 Å². The fourth-order valence-corrected chi connectivity index (χ4v) is 10.5. The Kier molecular flexibility index (Phi) is 6.57. The summed E-state index contributed by atoms with van der Waals surface area (Å²) in [6.45, 7) is 9.66. The fraction of sp³-hybridized carbons (Fsp3) is 0.227. The number of nitrogens with zero attached hydrogens (tertiary/aromatic N) is 1. The van der Waals surface area contributed by atoms with Gasteiger partial charge < -0.3 is 4.90 Å². The van der Waals surface area contributed by atoms with Crippen LogP contribution in [0.15, 0.2) is 137 Å². The third-order valence-corrected chi connectivity index (χ3v) is 13.7. The Bertz CT molecular complexity index is 2150. The van der Waals surface area contributed by atoms with Crippen LogP contribution in [-0.2, 0) is 10.8 Å². The predicted octanol–water partition coefficient (Wildman–Crippen LogP) is 12.8. The van der Waals surface area contributed by atoms with Crippen molar-refractivity contribution in [2.75, 3.05) is 17.4 Å². The monoisotopic (exact) mass is 617 g/mol. The highest BCUT2D eigenvalue weighted by atomic mass is 32.3. The van der Waals surface area contributed by atoms with Gasteiger partial charge in [-0.2, -0.15) is 10.0 Å². The van der Waals surface area contributed by atoms with Gasteiger partial charge in [0.2, 0.25) is 0 Å². The van der Waals surface area contributed by atoms with E-state index >= 15 is 0 Å². The smallest absolute Gasteiger partial charge is 0.0540 e. The summed E-state index contributed by atoms with van der Waals surface area (Å²) in [5.41, 5.74) is 12.2. The highest BCUT2D eigenvalue weighted by Crippen LogP contribution is 2.67. The van der Waals surface area contributed by atoms with Crippen LogP contribution in [0, 0.1) is 0 Å². The maximum absolute atomic E-state index is 2.50. The highest BCUT2D eigenvalue weighted by molar-refractivity contribution is 8.33. The standard InChI is InChI=1S/C44H43NS/c1-43(2)25-26-44(3,4)39-28-32(20-24-38(39)43)35-15-9-11-17-40(35)45(33-21-19-30-13-7-8-14-31(30)27-33)34-22-23-37-36-16-10-12-18-41(36)46(5,6)42(37)29-34/h7-24,27-29H,25-26H2,1-6H3. The molecule has 8 rings (SSSR count). The van der Waals surface area contributed by atoms with Crippen molar-refractivity contribution < 1.29 is 0 Å². The van der Waals surface area contributed by atoms with E-state index in [1.54, 1.807) is 0 Å². The molecule has 0 saturated heterocycles. The molecule has 0 saturated carbocycles. The van der Waals surface area contributed by atoms with Crippen LogP contribution >= 0.6 is 10.0 Å². The molecule has 46 heavy (non-hydrogen) atoms. The maximum atomic E-state index is 2.50. The molecule has 1 heterocycles. The Morgan fingerprint density at radius 2 is 1.11 bits per heavy atom. The molecule has 1 aliphatic carbocycles. The number of benzene rings is 6. The first-order valence-corrected chi connectivity index (χ1v) is 19.0. The Balaban J connectivity index is 1.35. The lowest BCUT2D eigenvalue weighted by molar-refractivity contribution is 0.332. The number of anilines is 3. The van der Waals surface area contributed by atoms with Crippen molar-refractivity contribution in [1.82, 2.24) is 0 Å². The molecule has 0 radical (unpaired) electrons. The van der Waals surface area contributed by atoms with Crippen molar-refractivity contribution in [1.29, 1.82) is 0 Å². The van der Waals surface area contributed by atoms with Crippen LogP contribution in [0.25, 0.3) is 33.0 Å². The molecular weight excluding hydrogens is 575 g/mol. The van der Waals surface area contributed by atoms with Crippen LogP contribution in [0.5, 0.6) is 0 Å². The molecule has 0 amide bonds. The number of hydrogen-bond acceptors (Lipinski definition) is 1. The van der Waals surface area contributed by atoms with E-state index in [2.05, 4.69) is 173 Å². The van der Waals surface area contributed by atoms with E-state index in [9.17, 15) is 0 Å². The molecule has 6 aromatic carbocycles. The van der Waals surface area contributed by atoms with E-state index < -0.39 is 10.0 Å². The van der Waals surface area contributed by atoms with Crippen LogP contribution in [0.2, 0.25) is 0 Å². The summed E-state index contributed by atoms with van der Waals surface area (Å²) in [4.78, 5) is 5.45. The van der Waals surface area contributed by atoms with Gasteiger partial charge in [-0.15, -0.1) is 0 Å². The van der Waals surface area contributed by atoms with Crippen molar-refractivity contribution in [3.63, 3.8) is 0 Å². The summed E-state index contributed by atoms with van der Waals surface area (Å²) in [6, 6.07) is 48.1. The highest BCUT2D eigenvalue weighted by Gasteiger charge is 2.37. The van der Waals surface area contributed by atoms with Crippen LogP contribution in [0.3, 0.4) is 0 Å². The van der Waals surface area contributed by atoms with Gasteiger partial charge >= 0.3 is 0 Å². The zero-order valence-electron chi connectivity index (χ0n) is 27.9. The minimum atomic E-state index is -1.14. The molecule has 0 fully saturated rings. The van der Waals surface area contributed by atoms with E-state index in [0.29, 0.717) is 0 Å². The van der Waals surface area contributed by atoms with Gasteiger partial charge in [-0.3, -0.25) is 0 Å². The van der Waals surface area contributed by atoms with Crippen LogP contribution in [-0.4, -0.2) is 12.5 Å². The molecule has 2 heteroatoms. The van der Waals surface area contributed by atoms with E-state index in [0.717, 1.165) is 0 Å². The second-order valence-corrected chi connectivity index (χ2v) is 18.4. The van der Waals surface area contributed by atoms with Gasteiger partial charge in [-0.1, -0.05) is 119 Å². The average Bonchev–Trinajstić information content (AvgIpc) is 3.29. The third-order valence-electron chi connectivity index (χ3n) is 10.8. The zero-order chi connectivity index (χ0) is 31.8. The van der Waals surface area contributed by atoms with E-state index in [4.69, 9.17) is 0 Å². The van der Waals surface area contributed by atoms with Gasteiger partial charge in [0, 0.05) is 26.7 Å². The first-order chi connectivity index (χ1) is 22.0. The van der Waals surface area contributed by atoms with Gasteiger partial charge in [-0.05, 0) is 111 Å². The van der Waals surface area contributed by atoms with Crippen LogP contribution in [0.4, 0.5) is 17.1 Å². The first kappa shape index (κ1) is 29.2. The normalized spacial score (nSPS) is 17.5. The lowest BCUT2D eigenvalue weighted by Crippen LogP contribution is -2.33. The van der Waals surface area contributed by atoms with Crippen LogP contribution < -0.4 is 4.90 Å². The Morgan fingerprint density at radius 3 is 1.91 bits per heavy atom. The van der Waals surface area contributed by atoms with Gasteiger partial charge in [0.1, 0.15) is 0 Å². The lowest BCUT2D eigenvalue weighted by Gasteiger charge is -2.42. The summed E-state index contributed by atoms with van der Waals surface area (Å²) < 4.78 is 0. The quantitative estimate of drug-likeness (QED) is 0.190. The average molecular weight is 618 g/mol. The molecule has 230 valence electrons. The van der Waals surface area contributed by atoms with Crippen molar-refractivity contribution >= 4 is 37.9 Å². The topological polar surface area (TPSA) is 3.24 Å². The van der Waals surface area contributed by atoms with Gasteiger partial charge in [0.05, 0.1) is 5.69 Å². The van der Waals surface area contributed by atoms with Gasteiger partial charge in [0.15, 0.2) is 0 Å². The Hall–Kier alpha value is -4.27. The zero-order valence-corrected chi connectivity index (χ0v) is 28.7. The van der Waals surface area contributed by atoms with Crippen molar-refractivity contribution in [2.24, 2.45) is 0 Å². The van der Waals surface area contributed by atoms with E-state index in [1.165, 1.54) is 83.8 Å². The van der Waals surface area contributed by atoms with Gasteiger partial charge in [-0.25, -0.2) is 0 Å². The second-order valence-electron chi connectivity index (χ2n) is 14.9. The summed E-state index contributed by atoms with van der Waals surface area (Å²) in [6.07, 6.45) is 7.33. The van der Waals surface area contributed by atoms with Crippen molar-refractivity contribution in [3.05, 3.63) is 139 Å². The predicted molar refractivity (Wildman–Crippen MR) is 201 cm³/mol. The first-order valence-electron chi connectivity index (χ1n) is 16.5. The molecule has 1 aliphatic heterocycles. The third kappa shape index (κ3) is 4.53. The number of fused-ring (bicyclic) bond motifs is 5. The molecule has 0 unspecified atom stereocenters. The molecule has 0 aromatic heterocycles. The number of hydrogen-bond donors (Lipinski definition) is 0.